The zero-order valence-corrected chi connectivity index (χ0v) is 20.3. The van der Waals surface area contributed by atoms with Gasteiger partial charge in [0, 0.05) is 6.61 Å². The molecule has 1 aliphatic rings. The molecule has 1 amide bonds. The number of rotatable bonds is 11. The minimum absolute atomic E-state index is 0.0979. The van der Waals surface area contributed by atoms with Crippen molar-refractivity contribution in [1.29, 1.82) is 0 Å². The molecular weight excluding hydrogens is 458 g/mol. The van der Waals surface area contributed by atoms with Gasteiger partial charge in [-0.1, -0.05) is 104 Å². The van der Waals surface area contributed by atoms with Gasteiger partial charge in [0.05, 0.1) is 16.0 Å². The number of esters is 1. The first-order valence-corrected chi connectivity index (χ1v) is 12.5. The molecule has 3 aromatic rings. The Hall–Kier alpha value is -3.35. The predicted molar refractivity (Wildman–Crippen MR) is 139 cm³/mol. The number of thioether (sulfide) groups is 1. The van der Waals surface area contributed by atoms with Gasteiger partial charge in [-0.05, 0) is 23.1 Å². The van der Waals surface area contributed by atoms with Crippen molar-refractivity contribution >= 4 is 23.6 Å². The molecule has 0 bridgehead atoms. The third-order valence-electron chi connectivity index (χ3n) is 6.19. The molecule has 5 nitrogen and oxygen atoms in total. The van der Waals surface area contributed by atoms with Crippen LogP contribution in [0.3, 0.4) is 0 Å². The molecule has 0 aliphatic carbocycles. The largest absolute Gasteiger partial charge is 0.460 e. The van der Waals surface area contributed by atoms with E-state index in [0.29, 0.717) is 6.42 Å². The molecule has 0 spiro atoms. The normalized spacial score (nSPS) is 17.5. The van der Waals surface area contributed by atoms with Crippen LogP contribution in [0.5, 0.6) is 0 Å². The van der Waals surface area contributed by atoms with Gasteiger partial charge < -0.3 is 14.7 Å². The lowest BCUT2D eigenvalue weighted by molar-refractivity contribution is -0.160. The molecule has 1 heterocycles. The smallest absolute Gasteiger partial charge is 0.325 e. The number of carbonyl (C=O) groups excluding carboxylic acids is 2. The highest BCUT2D eigenvalue weighted by molar-refractivity contribution is 8.01. The van der Waals surface area contributed by atoms with E-state index in [1.807, 2.05) is 54.6 Å². The fraction of sp³-hybridized carbons (Fsp3) is 0.241. The van der Waals surface area contributed by atoms with Gasteiger partial charge in [0.1, 0.15) is 13.2 Å². The van der Waals surface area contributed by atoms with E-state index in [1.165, 1.54) is 6.08 Å². The summed E-state index contributed by atoms with van der Waals surface area (Å²) in [5.74, 6) is -1.01. The van der Waals surface area contributed by atoms with E-state index in [4.69, 9.17) is 4.74 Å². The van der Waals surface area contributed by atoms with Gasteiger partial charge >= 0.3 is 5.97 Å². The van der Waals surface area contributed by atoms with Crippen LogP contribution in [0.25, 0.3) is 0 Å². The first kappa shape index (κ1) is 24.8. The lowest BCUT2D eigenvalue weighted by Crippen LogP contribution is -2.62. The third-order valence-corrected chi connectivity index (χ3v) is 8.08. The van der Waals surface area contributed by atoms with Gasteiger partial charge in [-0.2, -0.15) is 0 Å². The summed E-state index contributed by atoms with van der Waals surface area (Å²) in [4.78, 5) is 27.0. The Kier molecular flexibility index (Phi) is 8.06. The van der Waals surface area contributed by atoms with Crippen LogP contribution in [0.1, 0.15) is 23.1 Å². The van der Waals surface area contributed by atoms with E-state index < -0.39 is 16.6 Å². The van der Waals surface area contributed by atoms with Crippen molar-refractivity contribution in [3.63, 3.8) is 0 Å². The van der Waals surface area contributed by atoms with Crippen molar-refractivity contribution in [1.82, 2.24) is 4.90 Å². The first-order chi connectivity index (χ1) is 17.1. The van der Waals surface area contributed by atoms with Crippen molar-refractivity contribution in [2.75, 3.05) is 19.8 Å². The maximum atomic E-state index is 13.0. The minimum atomic E-state index is -0.647. The van der Waals surface area contributed by atoms with E-state index in [-0.39, 0.29) is 31.0 Å². The molecule has 180 valence electrons. The minimum Gasteiger partial charge on any atom is -0.460 e. The summed E-state index contributed by atoms with van der Waals surface area (Å²) in [5, 5.41) is 9.36. The Morgan fingerprint density at radius 2 is 1.43 bits per heavy atom. The van der Waals surface area contributed by atoms with E-state index in [1.54, 1.807) is 16.7 Å². The van der Waals surface area contributed by atoms with Gasteiger partial charge in [-0.3, -0.25) is 9.59 Å². The van der Waals surface area contributed by atoms with Crippen LogP contribution in [-0.4, -0.2) is 47.0 Å². The quantitative estimate of drug-likeness (QED) is 0.185. The Labute approximate surface area is 210 Å². The molecule has 3 aromatic carbocycles. The summed E-state index contributed by atoms with van der Waals surface area (Å²) in [7, 11) is 0. The zero-order chi connectivity index (χ0) is 24.7. The van der Waals surface area contributed by atoms with Crippen molar-refractivity contribution in [3.8, 4) is 0 Å². The summed E-state index contributed by atoms with van der Waals surface area (Å²) < 4.78 is 4.52. The second-order valence-corrected chi connectivity index (χ2v) is 9.68. The van der Waals surface area contributed by atoms with Crippen molar-refractivity contribution in [2.45, 2.75) is 16.5 Å². The molecule has 2 atom stereocenters. The lowest BCUT2D eigenvalue weighted by Gasteiger charge is -2.50. The van der Waals surface area contributed by atoms with Crippen LogP contribution in [0.4, 0.5) is 0 Å². The molecule has 0 radical (unpaired) electrons. The van der Waals surface area contributed by atoms with Gasteiger partial charge in [0.25, 0.3) is 0 Å². The monoisotopic (exact) mass is 487 g/mol. The average molecular weight is 488 g/mol. The Morgan fingerprint density at radius 3 is 1.86 bits per heavy atom. The number of aliphatic hydroxyl groups excluding tert-OH is 1. The Balaban J connectivity index is 1.82. The summed E-state index contributed by atoms with van der Waals surface area (Å²) in [6, 6.07) is 30.6. The number of aliphatic hydroxyl groups is 1. The third kappa shape index (κ3) is 5.04. The fourth-order valence-electron chi connectivity index (χ4n) is 4.55. The number of amides is 1. The zero-order valence-electron chi connectivity index (χ0n) is 19.5. The van der Waals surface area contributed by atoms with Crippen molar-refractivity contribution in [3.05, 3.63) is 120 Å². The molecule has 35 heavy (non-hydrogen) atoms. The predicted octanol–water partition coefficient (Wildman–Crippen LogP) is 4.61. The van der Waals surface area contributed by atoms with Gasteiger partial charge in [0.15, 0.2) is 0 Å². The first-order valence-electron chi connectivity index (χ1n) is 11.6. The molecular formula is C29H29NO4S. The molecule has 0 saturated carbocycles. The lowest BCUT2D eigenvalue weighted by atomic mass is 9.84. The molecule has 1 aliphatic heterocycles. The van der Waals surface area contributed by atoms with Crippen molar-refractivity contribution in [2.24, 2.45) is 5.92 Å². The number of ether oxygens (including phenoxy) is 1. The number of likely N-dealkylation sites (tertiary alicyclic amines) is 1. The van der Waals surface area contributed by atoms with Gasteiger partial charge in [-0.25, -0.2) is 0 Å². The molecule has 1 N–H and O–H groups in total. The second-order valence-electron chi connectivity index (χ2n) is 8.34. The van der Waals surface area contributed by atoms with E-state index >= 15 is 0 Å². The fourth-order valence-corrected chi connectivity index (χ4v) is 6.46. The van der Waals surface area contributed by atoms with Crippen LogP contribution < -0.4 is 0 Å². The summed E-state index contributed by atoms with van der Waals surface area (Å²) >= 11 is 1.63. The summed E-state index contributed by atoms with van der Waals surface area (Å²) in [5.41, 5.74) is 3.20. The standard InChI is InChI=1S/C29H29NO4S/c1-2-20-34-26(32)21-30-27(33)25(18-19-31)28(30)35-29(22-12-6-3-7-13-22,23-14-8-4-9-15-23)24-16-10-5-11-17-24/h2-17,25,28,31H,1,18-21H2. The molecule has 2 unspecified atom stereocenters. The summed E-state index contributed by atoms with van der Waals surface area (Å²) in [6.45, 7) is 3.43. The number of hydrogen-bond donors (Lipinski definition) is 1. The number of benzene rings is 3. The number of β-lactam (4-membered cyclic amide) rings is 1. The molecule has 1 saturated heterocycles. The molecule has 6 heteroatoms. The van der Waals surface area contributed by atoms with Crippen LogP contribution in [0.15, 0.2) is 104 Å². The SMILES string of the molecule is C=CCOC(=O)CN1C(=O)C(CCO)C1SC(c1ccccc1)(c1ccccc1)c1ccccc1. The Bertz CT molecular complexity index is 1040. The van der Waals surface area contributed by atoms with Crippen LogP contribution in [0, 0.1) is 5.92 Å². The summed E-state index contributed by atoms with van der Waals surface area (Å²) in [6.07, 6.45) is 1.84. The highest BCUT2D eigenvalue weighted by atomic mass is 32.2. The average Bonchev–Trinajstić information content (AvgIpc) is 2.92. The highest BCUT2D eigenvalue weighted by Gasteiger charge is 2.52. The maximum absolute atomic E-state index is 13.0. The topological polar surface area (TPSA) is 66.8 Å². The molecule has 0 aromatic heterocycles. The van der Waals surface area contributed by atoms with E-state index in [9.17, 15) is 14.7 Å². The van der Waals surface area contributed by atoms with Crippen molar-refractivity contribution < 1.29 is 19.4 Å². The van der Waals surface area contributed by atoms with Crippen LogP contribution >= 0.6 is 11.8 Å². The number of carbonyl (C=O) groups is 2. The van der Waals surface area contributed by atoms with Gasteiger partial charge in [0.2, 0.25) is 5.91 Å². The Morgan fingerprint density at radius 1 is 0.943 bits per heavy atom. The molecule has 1 fully saturated rings. The highest BCUT2D eigenvalue weighted by Crippen LogP contribution is 2.54. The second kappa shape index (κ2) is 11.4. The van der Waals surface area contributed by atoms with Crippen LogP contribution in [-0.2, 0) is 19.1 Å². The van der Waals surface area contributed by atoms with E-state index in [0.717, 1.165) is 16.7 Å². The van der Waals surface area contributed by atoms with E-state index in [2.05, 4.69) is 43.0 Å². The molecule has 4 rings (SSSR count). The maximum Gasteiger partial charge on any atom is 0.325 e. The number of hydrogen-bond acceptors (Lipinski definition) is 5. The van der Waals surface area contributed by atoms with Gasteiger partial charge in [-0.15, -0.1) is 11.8 Å². The number of nitrogens with zero attached hydrogens (tertiary/aromatic N) is 1. The van der Waals surface area contributed by atoms with Crippen LogP contribution in [0.2, 0.25) is 0 Å².